The van der Waals surface area contributed by atoms with Crippen LogP contribution < -0.4 is 0 Å². The lowest BCUT2D eigenvalue weighted by molar-refractivity contribution is -0.0989. The number of nitrogens with zero attached hydrogens (tertiary/aromatic N) is 1. The Morgan fingerprint density at radius 3 is 2.92 bits per heavy atom. The van der Waals surface area contributed by atoms with Crippen molar-refractivity contribution in [3.63, 3.8) is 0 Å². The molecule has 0 aliphatic heterocycles. The SMILES string of the molecule is [2H]C1=C2C([2H])([2H])C[C@H]3[C@@H]4CC[C@@](O)(C#C)[C@]4(CC)CC[C@@H]3[C@@]2([2H])CC([2H])([2H])/C1=N/O. The lowest BCUT2D eigenvalue weighted by Crippen LogP contribution is -2.53. The highest BCUT2D eigenvalue weighted by molar-refractivity contribution is 5.96. The van der Waals surface area contributed by atoms with Crippen LogP contribution in [0.5, 0.6) is 0 Å². The third kappa shape index (κ3) is 1.99. The second kappa shape index (κ2) is 5.63. The Morgan fingerprint density at radius 1 is 1.38 bits per heavy atom. The van der Waals surface area contributed by atoms with Crippen LogP contribution in [-0.4, -0.2) is 21.6 Å². The van der Waals surface area contributed by atoms with Crippen LogP contribution in [0.4, 0.5) is 0 Å². The quantitative estimate of drug-likeness (QED) is 0.430. The molecular weight excluding hydrogens is 298 g/mol. The Balaban J connectivity index is 1.87. The minimum Gasteiger partial charge on any atom is -0.411 e. The zero-order valence-corrected chi connectivity index (χ0v) is 14.1. The van der Waals surface area contributed by atoms with E-state index in [1.165, 1.54) is 0 Å². The van der Waals surface area contributed by atoms with E-state index in [1.54, 1.807) is 0 Å². The molecule has 3 nitrogen and oxygen atoms in total. The maximum atomic E-state index is 11.2. The van der Waals surface area contributed by atoms with Crippen molar-refractivity contribution in [2.24, 2.45) is 34.2 Å². The normalized spacial score (nSPS) is 60.2. The molecule has 3 heteroatoms. The molecule has 4 rings (SSSR count). The highest BCUT2D eigenvalue weighted by Gasteiger charge is 2.63. The highest BCUT2D eigenvalue weighted by Crippen LogP contribution is 2.66. The Morgan fingerprint density at radius 2 is 2.21 bits per heavy atom. The van der Waals surface area contributed by atoms with Crippen LogP contribution in [0.15, 0.2) is 16.8 Å². The summed E-state index contributed by atoms with van der Waals surface area (Å²) in [5.74, 6) is 0.408. The molecule has 0 amide bonds. The van der Waals surface area contributed by atoms with Crippen molar-refractivity contribution in [3.05, 3.63) is 11.6 Å². The maximum Gasteiger partial charge on any atom is 0.131 e. The van der Waals surface area contributed by atoms with Gasteiger partial charge in [-0.25, -0.2) is 0 Å². The second-order valence-electron chi connectivity index (χ2n) is 7.68. The molecule has 0 radical (unpaired) electrons. The molecule has 0 aromatic heterocycles. The lowest BCUT2D eigenvalue weighted by atomic mass is 9.49. The first-order valence-electron chi connectivity index (χ1n) is 12.0. The number of allylic oxidation sites excluding steroid dienone is 2. The second-order valence-corrected chi connectivity index (χ2v) is 7.68. The lowest BCUT2D eigenvalue weighted by Gasteiger charge is -2.56. The van der Waals surface area contributed by atoms with E-state index in [-0.39, 0.29) is 36.2 Å². The molecule has 0 heterocycles. The number of oxime groups is 1. The van der Waals surface area contributed by atoms with Crippen molar-refractivity contribution < 1.29 is 18.5 Å². The van der Waals surface area contributed by atoms with Gasteiger partial charge in [0.25, 0.3) is 0 Å². The van der Waals surface area contributed by atoms with Crippen LogP contribution >= 0.6 is 0 Å². The first-order chi connectivity index (χ1) is 13.8. The molecule has 0 bridgehead atoms. The van der Waals surface area contributed by atoms with Crippen LogP contribution in [0.1, 0.15) is 72.8 Å². The van der Waals surface area contributed by atoms with Gasteiger partial charge in [-0.1, -0.05) is 23.6 Å². The van der Waals surface area contributed by atoms with Crippen molar-refractivity contribution in [3.8, 4) is 12.3 Å². The van der Waals surface area contributed by atoms with Crippen LogP contribution in [-0.2, 0) is 0 Å². The zero-order valence-electron chi connectivity index (χ0n) is 20.1. The Hall–Kier alpha value is -1.27. The third-order valence-corrected chi connectivity index (χ3v) is 7.23. The fourth-order valence-corrected chi connectivity index (χ4v) is 6.05. The predicted molar refractivity (Wildman–Crippen MR) is 94.7 cm³/mol. The molecular formula is C21H29NO2. The molecule has 4 aliphatic carbocycles. The smallest absolute Gasteiger partial charge is 0.131 e. The Labute approximate surface area is 153 Å². The van der Waals surface area contributed by atoms with E-state index >= 15 is 0 Å². The summed E-state index contributed by atoms with van der Waals surface area (Å²) in [5, 5.41) is 23.5. The molecule has 0 aromatic rings. The largest absolute Gasteiger partial charge is 0.411 e. The molecule has 0 spiro atoms. The first-order valence-corrected chi connectivity index (χ1v) is 8.98. The molecule has 0 unspecified atom stereocenters. The van der Waals surface area contributed by atoms with Crippen molar-refractivity contribution >= 4 is 5.71 Å². The van der Waals surface area contributed by atoms with Crippen molar-refractivity contribution in [2.75, 3.05) is 0 Å². The van der Waals surface area contributed by atoms with Gasteiger partial charge < -0.3 is 10.3 Å². The standard InChI is InChI=1S/C21H29NO2/c1-3-20-11-9-17-16-8-6-15(22-24)13-14(16)5-7-18(17)19(20)10-12-21(20,23)4-2/h2,13,16-19,23-24H,3,5-12H2,1H3/b22-15-/t16-,17+,18+,19-,20+,21-/m0/s1/i5D2,6D2,13D,16D. The van der Waals surface area contributed by atoms with E-state index in [2.05, 4.69) is 11.1 Å². The van der Waals surface area contributed by atoms with Crippen LogP contribution in [0, 0.1) is 41.4 Å². The number of rotatable bonds is 1. The number of terminal acetylenes is 1. The monoisotopic (exact) mass is 333 g/mol. The van der Waals surface area contributed by atoms with Crippen molar-refractivity contribution in [1.82, 2.24) is 0 Å². The molecule has 6 atom stereocenters. The van der Waals surface area contributed by atoms with E-state index < -0.39 is 41.4 Å². The Bertz CT molecular complexity index is 879. The predicted octanol–water partition coefficient (Wildman–Crippen LogP) is 4.14. The third-order valence-electron chi connectivity index (χ3n) is 7.23. The van der Waals surface area contributed by atoms with E-state index in [4.69, 9.17) is 13.3 Å². The number of fused-ring (bicyclic) bond motifs is 5. The van der Waals surface area contributed by atoms with Gasteiger partial charge in [0.1, 0.15) is 5.60 Å². The Kier molecular flexibility index (Phi) is 2.50. The summed E-state index contributed by atoms with van der Waals surface area (Å²) >= 11 is 0. The molecule has 4 aliphatic rings. The van der Waals surface area contributed by atoms with Gasteiger partial charge in [0, 0.05) is 12.3 Å². The van der Waals surface area contributed by atoms with Gasteiger partial charge in [-0.2, -0.15) is 0 Å². The van der Waals surface area contributed by atoms with Gasteiger partial charge in [0.2, 0.25) is 0 Å². The minimum atomic E-state index is -2.19. The average Bonchev–Trinajstić information content (AvgIpc) is 2.94. The molecule has 3 fully saturated rings. The van der Waals surface area contributed by atoms with Gasteiger partial charge in [-0.3, -0.25) is 0 Å². The fraction of sp³-hybridized carbons (Fsp3) is 0.762. The van der Waals surface area contributed by atoms with Gasteiger partial charge in [0.15, 0.2) is 0 Å². The van der Waals surface area contributed by atoms with E-state index in [0.717, 1.165) is 0 Å². The van der Waals surface area contributed by atoms with Gasteiger partial charge in [-0.05, 0) is 87.4 Å². The average molecular weight is 334 g/mol. The summed E-state index contributed by atoms with van der Waals surface area (Å²) in [7, 11) is 0. The first kappa shape index (κ1) is 10.7. The maximum absolute atomic E-state index is 11.2. The molecule has 0 aromatic carbocycles. The van der Waals surface area contributed by atoms with E-state index in [1.807, 2.05) is 6.92 Å². The molecule has 0 saturated heterocycles. The molecule has 2 N–H and O–H groups in total. The van der Waals surface area contributed by atoms with Gasteiger partial charge >= 0.3 is 0 Å². The van der Waals surface area contributed by atoms with Crippen molar-refractivity contribution in [2.45, 2.75) is 70.2 Å². The molecule has 3 saturated carbocycles. The number of hydrogen-bond donors (Lipinski definition) is 2. The van der Waals surface area contributed by atoms with Crippen LogP contribution in [0.25, 0.3) is 0 Å². The number of hydrogen-bond acceptors (Lipinski definition) is 3. The molecule has 24 heavy (non-hydrogen) atoms. The number of aliphatic hydroxyl groups is 1. The summed E-state index contributed by atoms with van der Waals surface area (Å²) < 4.78 is 51.9. The highest BCUT2D eigenvalue weighted by atomic mass is 16.4. The fourth-order valence-electron chi connectivity index (χ4n) is 6.05. The molecule has 130 valence electrons. The van der Waals surface area contributed by atoms with Gasteiger partial charge in [0.05, 0.1) is 7.08 Å². The summed E-state index contributed by atoms with van der Waals surface area (Å²) in [6.07, 6.45) is 4.22. The zero-order chi connectivity index (χ0) is 22.3. The van der Waals surface area contributed by atoms with Gasteiger partial charge in [-0.15, -0.1) is 6.42 Å². The topological polar surface area (TPSA) is 52.8 Å². The van der Waals surface area contributed by atoms with E-state index in [0.29, 0.717) is 32.1 Å². The summed E-state index contributed by atoms with van der Waals surface area (Å²) in [5.41, 5.74) is -2.32. The summed E-state index contributed by atoms with van der Waals surface area (Å²) in [4.78, 5) is 0. The van der Waals surface area contributed by atoms with Crippen LogP contribution in [0.2, 0.25) is 0 Å². The summed E-state index contributed by atoms with van der Waals surface area (Å²) in [6, 6.07) is -0.480. The van der Waals surface area contributed by atoms with Crippen LogP contribution in [0.3, 0.4) is 0 Å². The minimum absolute atomic E-state index is 0.0471. The van der Waals surface area contributed by atoms with Crippen molar-refractivity contribution in [1.29, 1.82) is 0 Å². The van der Waals surface area contributed by atoms with E-state index in [9.17, 15) is 11.7 Å². The summed E-state index contributed by atoms with van der Waals surface area (Å²) in [6.45, 7) is 2.01.